The third-order valence-corrected chi connectivity index (χ3v) is 24.1. The second-order valence-electron chi connectivity index (χ2n) is 54.9. The van der Waals surface area contributed by atoms with Gasteiger partial charge >= 0.3 is 21.7 Å². The van der Waals surface area contributed by atoms with Crippen LogP contribution in [0.3, 0.4) is 0 Å². The number of H-pyrrole nitrogens is 9. The molecule has 0 fully saturated rings. The molecule has 124 heavy (non-hydrogen) atoms. The van der Waals surface area contributed by atoms with Gasteiger partial charge in [-0.2, -0.15) is 95.1 Å². The van der Waals surface area contributed by atoms with Gasteiger partial charge < -0.3 is 50.9 Å². The van der Waals surface area contributed by atoms with Gasteiger partial charge in [-0.25, -0.2) is 0 Å². The normalized spacial score (nSPS) is 14.0. The molecule has 0 saturated heterocycles. The van der Waals surface area contributed by atoms with Crippen molar-refractivity contribution < 1.29 is 72.7 Å². The van der Waals surface area contributed by atoms with Crippen LogP contribution in [0.15, 0.2) is 0 Å². The molecule has 0 amide bonds. The van der Waals surface area contributed by atoms with E-state index < -0.39 is 20.1 Å². The summed E-state index contributed by atoms with van der Waals surface area (Å²) >= 11 is 0. The van der Waals surface area contributed by atoms with Crippen LogP contribution in [-0.2, 0) is 119 Å². The van der Waals surface area contributed by atoms with E-state index >= 15 is 0 Å². The van der Waals surface area contributed by atoms with Crippen LogP contribution in [-0.4, -0.2) is 112 Å². The molecule has 0 saturated carbocycles. The fourth-order valence-corrected chi connectivity index (χ4v) is 19.1. The summed E-state index contributed by atoms with van der Waals surface area (Å²) in [4.78, 5) is 0. The Labute approximate surface area is 801 Å². The van der Waals surface area contributed by atoms with Crippen LogP contribution in [0.1, 0.15) is 476 Å². The van der Waals surface area contributed by atoms with E-state index in [4.69, 9.17) is 45.9 Å². The maximum absolute atomic E-state index is 5.10. The maximum Gasteiger partial charge on any atom is 3.00 e. The van der Waals surface area contributed by atoms with Gasteiger partial charge in [-0.1, -0.05) is 374 Å². The summed E-state index contributed by atoms with van der Waals surface area (Å²) in [6.45, 7) is 119. The van der Waals surface area contributed by atoms with Crippen LogP contribution in [0, 0.1) is 0 Å². The van der Waals surface area contributed by atoms with Crippen molar-refractivity contribution in [2.24, 2.45) is 0 Å². The molecular weight excluding hydrogens is 1760 g/mol. The Morgan fingerprint density at radius 3 is 0.242 bits per heavy atom. The first-order valence-corrected chi connectivity index (χ1v) is 45.5. The van der Waals surface area contributed by atoms with E-state index in [0.29, 0.717) is 0 Å². The second-order valence-corrected chi connectivity index (χ2v) is 54.9. The summed E-state index contributed by atoms with van der Waals surface area (Å²) in [5.74, 6) is 0. The Bertz CT molecular complexity index is 3770. The molecule has 25 heteroatoms. The van der Waals surface area contributed by atoms with E-state index in [1.54, 1.807) is 0 Å². The smallest absolute Gasteiger partial charge is 1.00 e. The molecule has 9 aromatic rings. The van der Waals surface area contributed by atoms with E-state index in [2.05, 4.69) is 420 Å². The Morgan fingerprint density at radius 1 is 0.129 bits per heavy atom. The summed E-state index contributed by atoms with van der Waals surface area (Å²) in [5.41, 5.74) is 30.7. The summed E-state index contributed by atoms with van der Waals surface area (Å²) in [5, 5.41) is 78.0. The molecule has 1 radical (unpaired) electrons. The average Bonchev–Trinajstić information content (AvgIpc) is 1.70. The van der Waals surface area contributed by atoms with E-state index in [1.165, 1.54) is 100 Å². The molecule has 0 spiro atoms. The molecule has 9 N–H and O–H groups in total. The first kappa shape index (κ1) is 113. The molecular formula is C99H174B3Br3N18Ti-3. The molecule has 18 nitrogen and oxygen atoms in total. The number of halogens is 3. The maximum atomic E-state index is 5.10. The van der Waals surface area contributed by atoms with Gasteiger partial charge in [0.1, 0.15) is 0 Å². The third-order valence-electron chi connectivity index (χ3n) is 24.1. The van der Waals surface area contributed by atoms with Crippen molar-refractivity contribution in [3.05, 3.63) is 102 Å². The SMILES string of the molecule is CC(C)(C)c1n[nH]c(C(C)(C)C)c1[BH-](c1c(C(C)(C)C)n[nH]c1C(C)(C)C)c1c(C(C)(C)C)n[nH]c1C(C)(C)C.CC(C)(C)c1n[nH]c(C(C)(C)C)c1[BH-](c1c(C(C)(C)C)n[nH]c1C(C)(C)C)c1c(C(C)(C)C)n[nH]c1C(C)(C)C.CC(C)(C)c1n[nH]c(C(C)(C)C)c1[BH-](c1c(C(C)(C)C)n[nH]c1C(C)(C)C)c1c(C(C)(C)C)n[nH]c1C(C)(C)C.[Br-].[Br-].[Br-].[Ti+3]. The zero-order valence-corrected chi connectivity index (χ0v) is 95.1. The van der Waals surface area contributed by atoms with Crippen LogP contribution in [0.5, 0.6) is 0 Å². The van der Waals surface area contributed by atoms with E-state index in [1.807, 2.05) is 0 Å². The van der Waals surface area contributed by atoms with Gasteiger partial charge in [0.15, 0.2) is 0 Å². The fourth-order valence-electron chi connectivity index (χ4n) is 19.1. The van der Waals surface area contributed by atoms with E-state index in [0.717, 1.165) is 51.2 Å². The standard InChI is InChI=1S/3C33H58BN6.3BrH.Ti/c3*1-28(2,3)22-19(23(36-35-22)29(4,5)6)34(20-24(30(7,8)9)37-38-25(20)31(10,11)12)21-26(32(13,14)15)39-40-27(21)33(16,17)18;;;;/h3*34H,1-18H3,(H,35,36)(H,37,38)(H,39,40);3*1H;/q3*-1;;;;+3/p-3. The van der Waals surface area contributed by atoms with E-state index in [-0.39, 0.29) is 170 Å². The average molecular weight is 1940 g/mol. The monoisotopic (exact) mass is 1930 g/mol. The van der Waals surface area contributed by atoms with Gasteiger partial charge in [-0.15, -0.1) is 0 Å². The number of hydrogen-bond acceptors (Lipinski definition) is 9. The number of rotatable bonds is 9. The van der Waals surface area contributed by atoms with Crippen molar-refractivity contribution in [1.29, 1.82) is 0 Å². The van der Waals surface area contributed by atoms with Crippen molar-refractivity contribution >= 4 is 69.3 Å². The Hall–Kier alpha value is -4.76. The summed E-state index contributed by atoms with van der Waals surface area (Å²) in [6.07, 6.45) is 0. The largest absolute Gasteiger partial charge is 3.00 e. The Balaban J connectivity index is 0.000000472. The molecule has 9 heterocycles. The zero-order chi connectivity index (χ0) is 93.0. The number of hydrogen-bond donors (Lipinski definition) is 9. The minimum Gasteiger partial charge on any atom is -1.00 e. The topological polar surface area (TPSA) is 258 Å². The predicted octanol–water partition coefficient (Wildman–Crippen LogP) is 8.68. The molecule has 0 aliphatic rings. The van der Waals surface area contributed by atoms with Crippen LogP contribution in [0.25, 0.3) is 0 Å². The van der Waals surface area contributed by atoms with Gasteiger partial charge in [0.05, 0.1) is 20.1 Å². The number of nitrogens with one attached hydrogen (secondary N) is 9. The van der Waals surface area contributed by atoms with Crippen molar-refractivity contribution in [2.45, 2.75) is 471 Å². The first-order valence-electron chi connectivity index (χ1n) is 45.5. The van der Waals surface area contributed by atoms with Crippen LogP contribution >= 0.6 is 0 Å². The predicted molar refractivity (Wildman–Crippen MR) is 522 cm³/mol. The van der Waals surface area contributed by atoms with Gasteiger partial charge in [0, 0.05) is 200 Å². The minimum atomic E-state index is -1.41. The number of aromatic nitrogens is 18. The third kappa shape index (κ3) is 24.1. The van der Waals surface area contributed by atoms with Crippen molar-refractivity contribution in [1.82, 2.24) is 91.8 Å². The Morgan fingerprint density at radius 2 is 0.194 bits per heavy atom. The number of aromatic amines is 9. The first-order chi connectivity index (χ1) is 53.0. The van der Waals surface area contributed by atoms with Gasteiger partial charge in [0.2, 0.25) is 0 Å². The molecule has 0 aromatic carbocycles. The zero-order valence-electron chi connectivity index (χ0n) is 88.8. The van der Waals surface area contributed by atoms with Gasteiger partial charge in [-0.3, -0.25) is 45.9 Å². The van der Waals surface area contributed by atoms with Crippen LogP contribution < -0.4 is 100 Å². The molecule has 9 aromatic heterocycles. The molecule has 0 unspecified atom stereocenters. The molecule has 0 aliphatic carbocycles. The van der Waals surface area contributed by atoms with Crippen molar-refractivity contribution in [3.63, 3.8) is 0 Å². The molecule has 697 valence electrons. The Kier molecular flexibility index (Phi) is 33.3. The van der Waals surface area contributed by atoms with Crippen LogP contribution in [0.2, 0.25) is 0 Å². The van der Waals surface area contributed by atoms with Gasteiger partial charge in [-0.05, 0) is 0 Å². The molecule has 0 atom stereocenters. The van der Waals surface area contributed by atoms with Crippen LogP contribution in [0.4, 0.5) is 0 Å². The van der Waals surface area contributed by atoms with E-state index in [9.17, 15) is 0 Å². The number of nitrogens with zero attached hydrogens (tertiary/aromatic N) is 9. The molecule has 0 bridgehead atoms. The summed E-state index contributed by atoms with van der Waals surface area (Å²) < 4.78 is 0. The van der Waals surface area contributed by atoms with Crippen molar-refractivity contribution in [2.75, 3.05) is 0 Å². The second kappa shape index (κ2) is 36.4. The molecule has 9 rings (SSSR count). The minimum absolute atomic E-state index is 0. The van der Waals surface area contributed by atoms with Gasteiger partial charge in [0.25, 0.3) is 0 Å². The fraction of sp³-hybridized carbons (Fsp3) is 0.727. The van der Waals surface area contributed by atoms with Crippen molar-refractivity contribution in [3.8, 4) is 0 Å². The molecule has 0 aliphatic heterocycles. The quantitative estimate of drug-likeness (QED) is 0.0626. The summed E-state index contributed by atoms with van der Waals surface area (Å²) in [6, 6.07) is 0. The summed E-state index contributed by atoms with van der Waals surface area (Å²) in [7, 11) is 0.